The minimum Gasteiger partial charge on any atom is -0.378 e. The molecule has 0 saturated carbocycles. The van der Waals surface area contributed by atoms with Crippen molar-refractivity contribution in [3.8, 4) is 11.8 Å². The average molecular weight is 518 g/mol. The molecule has 0 radical (unpaired) electrons. The van der Waals surface area contributed by atoms with E-state index in [1.165, 1.54) is 4.90 Å². The van der Waals surface area contributed by atoms with Gasteiger partial charge < -0.3 is 34.3 Å². The Morgan fingerprint density at radius 3 is 2.14 bits per heavy atom. The number of nitrogens with zero attached hydrogens (tertiary/aromatic N) is 1. The largest absolute Gasteiger partial charge is 0.378 e. The van der Waals surface area contributed by atoms with E-state index in [2.05, 4.69) is 17.2 Å². The Kier molecular flexibility index (Phi) is 12.5. The summed E-state index contributed by atoms with van der Waals surface area (Å²) in [5.74, 6) is 5.08. The molecular formula is C26H35N3O8. The maximum atomic E-state index is 12.9. The molecule has 37 heavy (non-hydrogen) atoms. The number of fused-ring (bicyclic) bond motifs is 1. The van der Waals surface area contributed by atoms with Gasteiger partial charge in [-0.15, -0.1) is 0 Å². The summed E-state index contributed by atoms with van der Waals surface area (Å²) in [6.07, 6.45) is 0.548. The van der Waals surface area contributed by atoms with Crippen molar-refractivity contribution in [2.75, 3.05) is 72.6 Å². The SMILES string of the molecule is NCCOCCOCCOCCOCCOCC#Cc1cccc2c1CN(C1CCC(=O)NC1=O)C2=O. The van der Waals surface area contributed by atoms with Gasteiger partial charge in [-0.1, -0.05) is 17.9 Å². The van der Waals surface area contributed by atoms with Gasteiger partial charge in [0.1, 0.15) is 12.6 Å². The molecule has 202 valence electrons. The van der Waals surface area contributed by atoms with E-state index >= 15 is 0 Å². The third-order valence-corrected chi connectivity index (χ3v) is 5.73. The van der Waals surface area contributed by atoms with Crippen molar-refractivity contribution >= 4 is 17.7 Å². The van der Waals surface area contributed by atoms with E-state index in [-0.39, 0.29) is 31.4 Å². The molecule has 3 N–H and O–H groups in total. The molecule has 0 aliphatic carbocycles. The van der Waals surface area contributed by atoms with Crippen LogP contribution in [-0.4, -0.2) is 101 Å². The molecule has 1 aromatic rings. The second-order valence-corrected chi connectivity index (χ2v) is 8.32. The van der Waals surface area contributed by atoms with Gasteiger partial charge in [0.05, 0.1) is 59.5 Å². The summed E-state index contributed by atoms with van der Waals surface area (Å²) in [6, 6.07) is 4.71. The average Bonchev–Trinajstić information content (AvgIpc) is 3.22. The number of ether oxygens (including phenoxy) is 5. The molecule has 1 unspecified atom stereocenters. The summed E-state index contributed by atoms with van der Waals surface area (Å²) in [5, 5.41) is 2.31. The van der Waals surface area contributed by atoms with Crippen LogP contribution in [0.15, 0.2) is 18.2 Å². The molecule has 11 nitrogen and oxygen atoms in total. The van der Waals surface area contributed by atoms with Gasteiger partial charge in [0.15, 0.2) is 0 Å². The number of piperidine rings is 1. The summed E-state index contributed by atoms with van der Waals surface area (Å²) in [5.41, 5.74) is 7.38. The molecule has 0 aromatic heterocycles. The number of hydrogen-bond donors (Lipinski definition) is 2. The monoisotopic (exact) mass is 517 g/mol. The standard InChI is InChI=1S/C26H35N3O8/c27-8-10-34-12-14-36-16-18-37-17-15-35-13-11-33-9-2-4-20-3-1-5-21-22(20)19-29(26(21)32)23-6-7-24(30)28-25(23)31/h1,3,5,23H,6-19,27H2,(H,28,30,31). The van der Waals surface area contributed by atoms with E-state index < -0.39 is 11.9 Å². The van der Waals surface area contributed by atoms with Gasteiger partial charge in [0.2, 0.25) is 11.8 Å². The molecule has 11 heteroatoms. The number of nitrogens with one attached hydrogen (secondary N) is 1. The quantitative estimate of drug-likeness (QED) is 0.174. The lowest BCUT2D eigenvalue weighted by molar-refractivity contribution is -0.136. The van der Waals surface area contributed by atoms with Crippen LogP contribution in [0, 0.1) is 11.8 Å². The van der Waals surface area contributed by atoms with Crippen molar-refractivity contribution in [1.29, 1.82) is 0 Å². The fourth-order valence-electron chi connectivity index (χ4n) is 3.92. The molecule has 2 heterocycles. The van der Waals surface area contributed by atoms with Crippen molar-refractivity contribution in [3.05, 3.63) is 34.9 Å². The first-order valence-corrected chi connectivity index (χ1v) is 12.5. The minimum absolute atomic E-state index is 0.217. The third-order valence-electron chi connectivity index (χ3n) is 5.73. The Balaban J connectivity index is 1.27. The van der Waals surface area contributed by atoms with Crippen LogP contribution in [0.2, 0.25) is 0 Å². The van der Waals surface area contributed by atoms with Crippen LogP contribution in [0.3, 0.4) is 0 Å². The lowest BCUT2D eigenvalue weighted by atomic mass is 10.0. The van der Waals surface area contributed by atoms with Gasteiger partial charge in [-0.3, -0.25) is 19.7 Å². The highest BCUT2D eigenvalue weighted by atomic mass is 16.6. The third kappa shape index (κ3) is 9.19. The highest BCUT2D eigenvalue weighted by Crippen LogP contribution is 2.29. The predicted molar refractivity (Wildman–Crippen MR) is 133 cm³/mol. The zero-order valence-corrected chi connectivity index (χ0v) is 21.0. The second kappa shape index (κ2) is 16.1. The fourth-order valence-corrected chi connectivity index (χ4v) is 3.92. The van der Waals surface area contributed by atoms with Crippen LogP contribution in [0.1, 0.15) is 34.3 Å². The highest BCUT2D eigenvalue weighted by molar-refractivity contribution is 6.05. The molecule has 0 spiro atoms. The van der Waals surface area contributed by atoms with Crippen LogP contribution < -0.4 is 11.1 Å². The minimum atomic E-state index is -0.646. The summed E-state index contributed by atoms with van der Waals surface area (Å²) >= 11 is 0. The molecule has 1 aromatic carbocycles. The zero-order chi connectivity index (χ0) is 26.3. The molecule has 2 aliphatic heterocycles. The highest BCUT2D eigenvalue weighted by Gasteiger charge is 2.39. The maximum Gasteiger partial charge on any atom is 0.255 e. The predicted octanol–water partition coefficient (Wildman–Crippen LogP) is -0.159. The molecule has 3 amide bonds. The Bertz CT molecular complexity index is 974. The van der Waals surface area contributed by atoms with Crippen molar-refractivity contribution < 1.29 is 38.1 Å². The van der Waals surface area contributed by atoms with E-state index in [1.807, 2.05) is 6.07 Å². The van der Waals surface area contributed by atoms with Gasteiger partial charge in [-0.05, 0) is 24.1 Å². The van der Waals surface area contributed by atoms with Crippen LogP contribution in [0.5, 0.6) is 0 Å². The maximum absolute atomic E-state index is 12.9. The number of carbonyl (C=O) groups is 3. The zero-order valence-electron chi connectivity index (χ0n) is 21.0. The Hall–Kier alpha value is -2.85. The van der Waals surface area contributed by atoms with Crippen molar-refractivity contribution in [1.82, 2.24) is 10.2 Å². The van der Waals surface area contributed by atoms with Gasteiger partial charge in [0.25, 0.3) is 5.91 Å². The molecule has 0 bridgehead atoms. The summed E-state index contributed by atoms with van der Waals surface area (Å²) in [6.45, 7) is 5.36. The number of rotatable bonds is 16. The lowest BCUT2D eigenvalue weighted by Gasteiger charge is -2.29. The van der Waals surface area contributed by atoms with Crippen LogP contribution in [-0.2, 0) is 39.8 Å². The summed E-state index contributed by atoms with van der Waals surface area (Å²) in [4.78, 5) is 38.0. The first-order valence-electron chi connectivity index (χ1n) is 12.5. The van der Waals surface area contributed by atoms with Gasteiger partial charge >= 0.3 is 0 Å². The molecule has 1 atom stereocenters. The smallest absolute Gasteiger partial charge is 0.255 e. The van der Waals surface area contributed by atoms with Crippen LogP contribution in [0.25, 0.3) is 0 Å². The van der Waals surface area contributed by atoms with Crippen LogP contribution in [0.4, 0.5) is 0 Å². The van der Waals surface area contributed by atoms with Crippen LogP contribution >= 0.6 is 0 Å². The Morgan fingerprint density at radius 1 is 0.892 bits per heavy atom. The summed E-state index contributed by atoms with van der Waals surface area (Å²) < 4.78 is 26.9. The number of benzene rings is 1. The molecule has 3 rings (SSSR count). The van der Waals surface area contributed by atoms with Gasteiger partial charge in [0, 0.05) is 30.6 Å². The number of hydrogen-bond acceptors (Lipinski definition) is 9. The number of nitrogens with two attached hydrogens (primary N) is 1. The summed E-state index contributed by atoms with van der Waals surface area (Å²) in [7, 11) is 0. The first kappa shape index (κ1) is 28.7. The number of imide groups is 1. The second-order valence-electron chi connectivity index (χ2n) is 8.32. The molecular weight excluding hydrogens is 482 g/mol. The molecule has 2 aliphatic rings. The first-order chi connectivity index (χ1) is 18.1. The van der Waals surface area contributed by atoms with E-state index in [0.29, 0.717) is 78.0 Å². The van der Waals surface area contributed by atoms with E-state index in [1.54, 1.807) is 12.1 Å². The van der Waals surface area contributed by atoms with Gasteiger partial charge in [-0.25, -0.2) is 0 Å². The number of carbonyl (C=O) groups excluding carboxylic acids is 3. The topological polar surface area (TPSA) is 139 Å². The number of amides is 3. The van der Waals surface area contributed by atoms with Crippen molar-refractivity contribution in [3.63, 3.8) is 0 Å². The van der Waals surface area contributed by atoms with Crippen molar-refractivity contribution in [2.24, 2.45) is 5.73 Å². The van der Waals surface area contributed by atoms with E-state index in [9.17, 15) is 14.4 Å². The van der Waals surface area contributed by atoms with Crippen molar-refractivity contribution in [2.45, 2.75) is 25.4 Å². The van der Waals surface area contributed by atoms with E-state index in [4.69, 9.17) is 29.4 Å². The fraction of sp³-hybridized carbons (Fsp3) is 0.577. The van der Waals surface area contributed by atoms with E-state index in [0.717, 1.165) is 11.1 Å². The van der Waals surface area contributed by atoms with Gasteiger partial charge in [-0.2, -0.15) is 0 Å². The Morgan fingerprint density at radius 2 is 1.51 bits per heavy atom. The lowest BCUT2D eigenvalue weighted by Crippen LogP contribution is -2.52. The Labute approximate surface area is 216 Å². The molecule has 1 fully saturated rings. The molecule has 1 saturated heterocycles. The normalized spacial score (nSPS) is 16.9.